The van der Waals surface area contributed by atoms with E-state index < -0.39 is 0 Å². The summed E-state index contributed by atoms with van der Waals surface area (Å²) < 4.78 is 16.0. The van der Waals surface area contributed by atoms with E-state index in [4.69, 9.17) is 14.2 Å². The lowest BCUT2D eigenvalue weighted by Gasteiger charge is -2.30. The number of amides is 1. The summed E-state index contributed by atoms with van der Waals surface area (Å²) in [5.74, 6) is 1.63. The molecule has 0 aromatic heterocycles. The van der Waals surface area contributed by atoms with Crippen molar-refractivity contribution in [1.82, 2.24) is 4.90 Å². The van der Waals surface area contributed by atoms with Gasteiger partial charge in [0.05, 0.1) is 21.3 Å². The van der Waals surface area contributed by atoms with E-state index in [1.54, 1.807) is 50.5 Å². The number of hydrogen-bond acceptors (Lipinski definition) is 5. The van der Waals surface area contributed by atoms with Gasteiger partial charge in [0.15, 0.2) is 17.3 Å². The first-order chi connectivity index (χ1) is 14.6. The van der Waals surface area contributed by atoms with Crippen molar-refractivity contribution < 1.29 is 23.8 Å². The van der Waals surface area contributed by atoms with Crippen LogP contribution in [-0.2, 0) is 4.79 Å². The van der Waals surface area contributed by atoms with Crippen LogP contribution in [0.3, 0.4) is 0 Å². The van der Waals surface area contributed by atoms with Crippen LogP contribution in [0, 0.1) is 5.92 Å². The number of ether oxygens (including phenoxy) is 3. The Hall–Kier alpha value is -3.28. The minimum Gasteiger partial charge on any atom is -0.493 e. The number of methoxy groups -OCH3 is 3. The summed E-state index contributed by atoms with van der Waals surface area (Å²) in [6.45, 7) is 1.14. The third kappa shape index (κ3) is 4.82. The number of benzene rings is 2. The van der Waals surface area contributed by atoms with Crippen molar-refractivity contribution >= 4 is 17.8 Å². The van der Waals surface area contributed by atoms with Gasteiger partial charge in [-0.15, -0.1) is 0 Å². The van der Waals surface area contributed by atoms with Crippen LogP contribution < -0.4 is 14.2 Å². The number of Topliss-reactive ketones (excluding diaryl/α,β-unsaturated/α-hetero) is 1. The molecule has 3 rings (SSSR count). The number of rotatable bonds is 7. The molecule has 0 saturated carbocycles. The van der Waals surface area contributed by atoms with Gasteiger partial charge in [0.2, 0.25) is 11.7 Å². The molecule has 1 fully saturated rings. The number of carbonyl (C=O) groups is 2. The zero-order chi connectivity index (χ0) is 21.5. The minimum absolute atomic E-state index is 0.0319. The summed E-state index contributed by atoms with van der Waals surface area (Å²) >= 11 is 0. The van der Waals surface area contributed by atoms with Gasteiger partial charge in [-0.2, -0.15) is 0 Å². The molecule has 0 atom stereocenters. The van der Waals surface area contributed by atoms with Crippen LogP contribution >= 0.6 is 0 Å². The summed E-state index contributed by atoms with van der Waals surface area (Å²) in [6, 6.07) is 12.9. The second kappa shape index (κ2) is 9.96. The van der Waals surface area contributed by atoms with Gasteiger partial charge in [-0.1, -0.05) is 30.3 Å². The minimum atomic E-state index is -0.0747. The van der Waals surface area contributed by atoms with Crippen LogP contribution in [0.2, 0.25) is 0 Å². The molecule has 1 saturated heterocycles. The lowest BCUT2D eigenvalue weighted by Crippen LogP contribution is -2.39. The van der Waals surface area contributed by atoms with Gasteiger partial charge in [-0.05, 0) is 36.6 Å². The van der Waals surface area contributed by atoms with E-state index in [0.717, 1.165) is 11.1 Å². The van der Waals surface area contributed by atoms with Crippen molar-refractivity contribution in [2.24, 2.45) is 5.92 Å². The second-order valence-corrected chi connectivity index (χ2v) is 7.12. The highest BCUT2D eigenvalue weighted by Gasteiger charge is 2.27. The molecule has 0 bridgehead atoms. The Morgan fingerprint density at radius 3 is 2.07 bits per heavy atom. The molecule has 2 aromatic rings. The molecule has 30 heavy (non-hydrogen) atoms. The zero-order valence-electron chi connectivity index (χ0n) is 17.6. The fourth-order valence-corrected chi connectivity index (χ4v) is 3.67. The SMILES string of the molecule is COc1cc(C=CC(=O)N2CCC(C(=O)c3ccccc3)CC2)cc(OC)c1OC. The average Bonchev–Trinajstić information content (AvgIpc) is 2.81. The number of likely N-dealkylation sites (tertiary alicyclic amines) is 1. The normalized spacial score (nSPS) is 14.6. The molecule has 0 aliphatic carbocycles. The molecular formula is C24H27NO5. The summed E-state index contributed by atoms with van der Waals surface area (Å²) in [4.78, 5) is 27.0. The van der Waals surface area contributed by atoms with E-state index in [2.05, 4.69) is 0 Å². The Morgan fingerprint density at radius 2 is 1.53 bits per heavy atom. The third-order valence-electron chi connectivity index (χ3n) is 5.34. The molecule has 1 aliphatic heterocycles. The van der Waals surface area contributed by atoms with Crippen molar-refractivity contribution in [2.75, 3.05) is 34.4 Å². The molecule has 0 N–H and O–H groups in total. The Bertz CT molecular complexity index is 889. The van der Waals surface area contributed by atoms with Gasteiger partial charge in [-0.25, -0.2) is 0 Å². The Balaban J connectivity index is 1.62. The average molecular weight is 409 g/mol. The molecular weight excluding hydrogens is 382 g/mol. The maximum Gasteiger partial charge on any atom is 0.246 e. The number of nitrogens with zero attached hydrogens (tertiary/aromatic N) is 1. The van der Waals surface area contributed by atoms with Gasteiger partial charge in [-0.3, -0.25) is 9.59 Å². The summed E-state index contributed by atoms with van der Waals surface area (Å²) in [7, 11) is 4.65. The lowest BCUT2D eigenvalue weighted by atomic mass is 9.89. The van der Waals surface area contributed by atoms with Crippen molar-refractivity contribution in [1.29, 1.82) is 0 Å². The smallest absolute Gasteiger partial charge is 0.246 e. The fourth-order valence-electron chi connectivity index (χ4n) is 3.67. The predicted molar refractivity (Wildman–Crippen MR) is 115 cm³/mol. The van der Waals surface area contributed by atoms with Crippen LogP contribution in [0.5, 0.6) is 17.2 Å². The lowest BCUT2D eigenvalue weighted by molar-refractivity contribution is -0.127. The van der Waals surface area contributed by atoms with Gasteiger partial charge in [0, 0.05) is 30.6 Å². The third-order valence-corrected chi connectivity index (χ3v) is 5.34. The summed E-state index contributed by atoms with van der Waals surface area (Å²) in [5.41, 5.74) is 1.51. The number of piperidine rings is 1. The molecule has 0 radical (unpaired) electrons. The molecule has 1 amide bonds. The second-order valence-electron chi connectivity index (χ2n) is 7.12. The maximum absolute atomic E-state index is 12.6. The molecule has 6 nitrogen and oxygen atoms in total. The predicted octanol–water partition coefficient (Wildman–Crippen LogP) is 3.85. The summed E-state index contributed by atoms with van der Waals surface area (Å²) in [6.07, 6.45) is 4.63. The van der Waals surface area contributed by atoms with Crippen LogP contribution in [0.25, 0.3) is 6.08 Å². The molecule has 6 heteroatoms. The largest absolute Gasteiger partial charge is 0.493 e. The van der Waals surface area contributed by atoms with Gasteiger partial charge in [0.1, 0.15) is 0 Å². The molecule has 1 aliphatic rings. The van der Waals surface area contributed by atoms with Gasteiger partial charge < -0.3 is 19.1 Å². The topological polar surface area (TPSA) is 65.1 Å². The van der Waals surface area contributed by atoms with Crippen molar-refractivity contribution in [3.8, 4) is 17.2 Å². The molecule has 1 heterocycles. The number of hydrogen-bond donors (Lipinski definition) is 0. The first-order valence-electron chi connectivity index (χ1n) is 9.93. The molecule has 158 valence electrons. The van der Waals surface area contributed by atoms with Crippen LogP contribution in [0.1, 0.15) is 28.8 Å². The van der Waals surface area contributed by atoms with Gasteiger partial charge >= 0.3 is 0 Å². The first kappa shape index (κ1) is 21.4. The Kier molecular flexibility index (Phi) is 7.12. The van der Waals surface area contributed by atoms with Crippen molar-refractivity contribution in [2.45, 2.75) is 12.8 Å². The molecule has 0 unspecified atom stereocenters. The number of ketones is 1. The highest BCUT2D eigenvalue weighted by atomic mass is 16.5. The Labute approximate surface area is 177 Å². The highest BCUT2D eigenvalue weighted by molar-refractivity contribution is 5.98. The van der Waals surface area contributed by atoms with Crippen LogP contribution in [0.15, 0.2) is 48.5 Å². The van der Waals surface area contributed by atoms with Crippen LogP contribution in [-0.4, -0.2) is 51.0 Å². The van der Waals surface area contributed by atoms with Gasteiger partial charge in [0.25, 0.3) is 0 Å². The standard InChI is InChI=1S/C24H27NO5/c1-28-20-15-17(16-21(29-2)24(20)30-3)9-10-22(26)25-13-11-19(12-14-25)23(27)18-7-5-4-6-8-18/h4-10,15-16,19H,11-14H2,1-3H3. The van der Waals surface area contributed by atoms with Crippen molar-refractivity contribution in [3.63, 3.8) is 0 Å². The monoisotopic (exact) mass is 409 g/mol. The van der Waals surface area contributed by atoms with Crippen molar-refractivity contribution in [3.05, 3.63) is 59.7 Å². The van der Waals surface area contributed by atoms with E-state index in [1.165, 1.54) is 0 Å². The fraction of sp³-hybridized carbons (Fsp3) is 0.333. The zero-order valence-corrected chi connectivity index (χ0v) is 17.6. The molecule has 0 spiro atoms. The van der Waals surface area contributed by atoms with E-state index in [1.807, 2.05) is 30.3 Å². The molecule has 2 aromatic carbocycles. The van der Waals surface area contributed by atoms with Crippen LogP contribution in [0.4, 0.5) is 0 Å². The number of carbonyl (C=O) groups excluding carboxylic acids is 2. The van der Waals surface area contributed by atoms with E-state index >= 15 is 0 Å². The van der Waals surface area contributed by atoms with E-state index in [9.17, 15) is 9.59 Å². The van der Waals surface area contributed by atoms with E-state index in [-0.39, 0.29) is 17.6 Å². The van der Waals surface area contributed by atoms with E-state index in [0.29, 0.717) is 43.2 Å². The quantitative estimate of drug-likeness (QED) is 0.513. The summed E-state index contributed by atoms with van der Waals surface area (Å²) in [5, 5.41) is 0. The first-order valence-corrected chi connectivity index (χ1v) is 9.93. The Morgan fingerprint density at radius 1 is 0.933 bits per heavy atom. The maximum atomic E-state index is 12.6. The highest BCUT2D eigenvalue weighted by Crippen LogP contribution is 2.38.